The molecule has 0 amide bonds. The first-order chi connectivity index (χ1) is 9.36. The van der Waals surface area contributed by atoms with E-state index >= 15 is 0 Å². The summed E-state index contributed by atoms with van der Waals surface area (Å²) < 4.78 is 2.36. The van der Waals surface area contributed by atoms with Gasteiger partial charge >= 0.3 is 0 Å². The van der Waals surface area contributed by atoms with Crippen LogP contribution in [0.25, 0.3) is 0 Å². The predicted molar refractivity (Wildman–Crippen MR) is 81.8 cm³/mol. The van der Waals surface area contributed by atoms with Crippen molar-refractivity contribution in [2.75, 3.05) is 6.54 Å². The quantitative estimate of drug-likeness (QED) is 0.835. The summed E-state index contributed by atoms with van der Waals surface area (Å²) in [6, 6.07) is 2.78. The highest BCUT2D eigenvalue weighted by Gasteiger charge is 2.19. The van der Waals surface area contributed by atoms with Gasteiger partial charge in [-0.05, 0) is 59.3 Å². The minimum atomic E-state index is 0.561. The molecule has 2 nitrogen and oxygen atoms in total. The van der Waals surface area contributed by atoms with Crippen LogP contribution in [0.5, 0.6) is 0 Å². The number of nitrogens with zero attached hydrogens (tertiary/aromatic N) is 1. The Morgan fingerprint density at radius 1 is 1.37 bits per heavy atom. The number of rotatable bonds is 4. The standard InChI is InChI=1S/C16H22N2S/c1-2-17-16-6-4-3-5-14-10-18(11-15(14)16)9-13-7-8-19-12-13/h7-8,10-12,16-17H,2-6,9H2,1H3. The molecule has 0 aromatic carbocycles. The van der Waals surface area contributed by atoms with Gasteiger partial charge in [-0.15, -0.1) is 0 Å². The van der Waals surface area contributed by atoms with Crippen molar-refractivity contribution < 1.29 is 0 Å². The minimum Gasteiger partial charge on any atom is -0.349 e. The molecule has 0 bridgehead atoms. The second kappa shape index (κ2) is 5.93. The van der Waals surface area contributed by atoms with Crippen LogP contribution in [0.1, 0.15) is 48.9 Å². The summed E-state index contributed by atoms with van der Waals surface area (Å²) in [7, 11) is 0. The molecule has 2 aromatic heterocycles. The molecule has 2 aromatic rings. The van der Waals surface area contributed by atoms with Crippen molar-refractivity contribution in [3.05, 3.63) is 45.9 Å². The zero-order valence-corrected chi connectivity index (χ0v) is 12.4. The van der Waals surface area contributed by atoms with E-state index in [0.29, 0.717) is 6.04 Å². The van der Waals surface area contributed by atoms with Gasteiger partial charge in [-0.3, -0.25) is 0 Å². The van der Waals surface area contributed by atoms with Crippen molar-refractivity contribution in [1.29, 1.82) is 0 Å². The topological polar surface area (TPSA) is 17.0 Å². The van der Waals surface area contributed by atoms with E-state index in [1.54, 1.807) is 16.9 Å². The largest absolute Gasteiger partial charge is 0.349 e. The summed E-state index contributed by atoms with van der Waals surface area (Å²) in [5.41, 5.74) is 4.50. The maximum absolute atomic E-state index is 3.64. The van der Waals surface area contributed by atoms with Crippen molar-refractivity contribution in [3.8, 4) is 0 Å². The Hall–Kier alpha value is -1.06. The van der Waals surface area contributed by atoms with Gasteiger partial charge in [-0.2, -0.15) is 11.3 Å². The fourth-order valence-corrected chi connectivity index (χ4v) is 3.72. The van der Waals surface area contributed by atoms with E-state index in [4.69, 9.17) is 0 Å². The molecule has 0 saturated carbocycles. The molecule has 3 rings (SSSR count). The number of nitrogens with one attached hydrogen (secondary N) is 1. The van der Waals surface area contributed by atoms with Crippen LogP contribution < -0.4 is 5.32 Å². The predicted octanol–water partition coefficient (Wildman–Crippen LogP) is 3.97. The van der Waals surface area contributed by atoms with Crippen molar-refractivity contribution in [2.24, 2.45) is 0 Å². The molecular formula is C16H22N2S. The van der Waals surface area contributed by atoms with E-state index in [2.05, 4.69) is 46.0 Å². The normalized spacial score (nSPS) is 19.1. The second-order valence-electron chi connectivity index (χ2n) is 5.40. The fraction of sp³-hybridized carbons (Fsp3) is 0.500. The van der Waals surface area contributed by atoms with E-state index in [1.165, 1.54) is 36.8 Å². The maximum atomic E-state index is 3.64. The monoisotopic (exact) mass is 274 g/mol. The summed E-state index contributed by atoms with van der Waals surface area (Å²) in [5, 5.41) is 8.04. The van der Waals surface area contributed by atoms with Crippen LogP contribution in [0.15, 0.2) is 29.2 Å². The van der Waals surface area contributed by atoms with Crippen molar-refractivity contribution in [2.45, 2.75) is 45.2 Å². The average Bonchev–Trinajstić information content (AvgIpc) is 3.00. The van der Waals surface area contributed by atoms with Crippen LogP contribution in [0.2, 0.25) is 0 Å². The molecule has 0 fully saturated rings. The lowest BCUT2D eigenvalue weighted by Gasteiger charge is -2.15. The Morgan fingerprint density at radius 3 is 3.11 bits per heavy atom. The lowest BCUT2D eigenvalue weighted by atomic mass is 10.0. The number of hydrogen-bond acceptors (Lipinski definition) is 2. The van der Waals surface area contributed by atoms with Gasteiger partial charge in [0, 0.05) is 25.0 Å². The summed E-state index contributed by atoms with van der Waals surface area (Å²) in [5.74, 6) is 0. The third kappa shape index (κ3) is 2.93. The van der Waals surface area contributed by atoms with Gasteiger partial charge in [0.2, 0.25) is 0 Å². The molecule has 19 heavy (non-hydrogen) atoms. The highest BCUT2D eigenvalue weighted by Crippen LogP contribution is 2.29. The number of aryl methyl sites for hydroxylation is 1. The summed E-state index contributed by atoms with van der Waals surface area (Å²) in [6.45, 7) is 4.27. The second-order valence-corrected chi connectivity index (χ2v) is 6.18. The lowest BCUT2D eigenvalue weighted by molar-refractivity contribution is 0.502. The first-order valence-corrected chi connectivity index (χ1v) is 8.24. The maximum Gasteiger partial charge on any atom is 0.0478 e. The van der Waals surface area contributed by atoms with Crippen molar-refractivity contribution in [3.63, 3.8) is 0 Å². The van der Waals surface area contributed by atoms with Crippen LogP contribution in [-0.2, 0) is 13.0 Å². The Labute approximate surface area is 119 Å². The molecule has 1 aliphatic rings. The van der Waals surface area contributed by atoms with Crippen molar-refractivity contribution >= 4 is 11.3 Å². The van der Waals surface area contributed by atoms with Gasteiger partial charge in [0.15, 0.2) is 0 Å². The van der Waals surface area contributed by atoms with Crippen molar-refractivity contribution in [1.82, 2.24) is 9.88 Å². The lowest BCUT2D eigenvalue weighted by Crippen LogP contribution is -2.20. The molecule has 1 atom stereocenters. The number of hydrogen-bond donors (Lipinski definition) is 1. The molecule has 3 heteroatoms. The molecule has 0 spiro atoms. The Balaban J connectivity index is 1.83. The Bertz CT molecular complexity index is 513. The van der Waals surface area contributed by atoms with E-state index in [9.17, 15) is 0 Å². The first kappa shape index (κ1) is 12.9. The first-order valence-electron chi connectivity index (χ1n) is 7.30. The van der Waals surface area contributed by atoms with Crippen LogP contribution >= 0.6 is 11.3 Å². The zero-order chi connectivity index (χ0) is 13.1. The number of fused-ring (bicyclic) bond motifs is 1. The molecule has 1 N–H and O–H groups in total. The Kier molecular flexibility index (Phi) is 4.04. The molecular weight excluding hydrogens is 252 g/mol. The van der Waals surface area contributed by atoms with Gasteiger partial charge in [0.25, 0.3) is 0 Å². The highest BCUT2D eigenvalue weighted by molar-refractivity contribution is 7.07. The minimum absolute atomic E-state index is 0.561. The van der Waals surface area contributed by atoms with Gasteiger partial charge in [-0.1, -0.05) is 13.3 Å². The molecule has 2 heterocycles. The average molecular weight is 274 g/mol. The smallest absolute Gasteiger partial charge is 0.0478 e. The summed E-state index contributed by atoms with van der Waals surface area (Å²) in [4.78, 5) is 0. The van der Waals surface area contributed by atoms with E-state index in [-0.39, 0.29) is 0 Å². The van der Waals surface area contributed by atoms with Gasteiger partial charge < -0.3 is 9.88 Å². The zero-order valence-electron chi connectivity index (χ0n) is 11.6. The van der Waals surface area contributed by atoms with Gasteiger partial charge in [0.1, 0.15) is 0 Å². The molecule has 1 aliphatic carbocycles. The molecule has 1 unspecified atom stereocenters. The number of thiophene rings is 1. The van der Waals surface area contributed by atoms with Gasteiger partial charge in [-0.25, -0.2) is 0 Å². The highest BCUT2D eigenvalue weighted by atomic mass is 32.1. The van der Waals surface area contributed by atoms with E-state index < -0.39 is 0 Å². The summed E-state index contributed by atoms with van der Waals surface area (Å²) in [6.07, 6.45) is 9.93. The molecule has 0 radical (unpaired) electrons. The van der Waals surface area contributed by atoms with Crippen LogP contribution in [-0.4, -0.2) is 11.1 Å². The molecule has 0 aliphatic heterocycles. The fourth-order valence-electron chi connectivity index (χ4n) is 3.06. The Morgan fingerprint density at radius 2 is 2.32 bits per heavy atom. The molecule has 0 saturated heterocycles. The van der Waals surface area contributed by atoms with Crippen LogP contribution in [0.3, 0.4) is 0 Å². The van der Waals surface area contributed by atoms with Gasteiger partial charge in [0.05, 0.1) is 0 Å². The SMILES string of the molecule is CCNC1CCCCc2cn(Cc3ccsc3)cc21. The van der Waals surface area contributed by atoms with Crippen LogP contribution in [0, 0.1) is 0 Å². The third-order valence-electron chi connectivity index (χ3n) is 3.96. The molecule has 102 valence electrons. The van der Waals surface area contributed by atoms with E-state index in [0.717, 1.165) is 13.1 Å². The van der Waals surface area contributed by atoms with E-state index in [1.807, 2.05) is 0 Å². The number of aromatic nitrogens is 1. The summed E-state index contributed by atoms with van der Waals surface area (Å²) >= 11 is 1.78. The third-order valence-corrected chi connectivity index (χ3v) is 4.69. The van der Waals surface area contributed by atoms with Crippen LogP contribution in [0.4, 0.5) is 0 Å².